The molecule has 0 aliphatic rings. The molecule has 146 valence electrons. The summed E-state index contributed by atoms with van der Waals surface area (Å²) in [4.78, 5) is 16.6. The molecule has 0 fully saturated rings. The average Bonchev–Trinajstić information content (AvgIpc) is 2.55. The van der Waals surface area contributed by atoms with Crippen LogP contribution in [0.3, 0.4) is 0 Å². The minimum Gasteiger partial charge on any atom is -0.475 e. The van der Waals surface area contributed by atoms with Crippen molar-refractivity contribution in [1.29, 1.82) is 0 Å². The number of nitrogens with one attached hydrogen (secondary N) is 2. The number of pyridine rings is 1. The van der Waals surface area contributed by atoms with Gasteiger partial charge in [-0.05, 0) is 39.3 Å². The molecule has 7 nitrogen and oxygen atoms in total. The van der Waals surface area contributed by atoms with Gasteiger partial charge in [-0.25, -0.2) is 13.4 Å². The van der Waals surface area contributed by atoms with Crippen LogP contribution in [0.5, 0.6) is 5.88 Å². The van der Waals surface area contributed by atoms with E-state index in [1.807, 2.05) is 19.9 Å². The highest BCUT2D eigenvalue weighted by atomic mass is 32.2. The van der Waals surface area contributed by atoms with Gasteiger partial charge in [0.15, 0.2) is 0 Å². The molecule has 0 aliphatic carbocycles. The molecule has 0 radical (unpaired) electrons. The molecule has 0 saturated carbocycles. The molecular weight excluding hydrogens is 366 g/mol. The van der Waals surface area contributed by atoms with E-state index in [1.165, 1.54) is 20.0 Å². The predicted octanol–water partition coefficient (Wildman–Crippen LogP) is 2.71. The lowest BCUT2D eigenvalue weighted by Gasteiger charge is -2.25. The fourth-order valence-electron chi connectivity index (χ4n) is 2.32. The quantitative estimate of drug-likeness (QED) is 0.721. The van der Waals surface area contributed by atoms with Crippen LogP contribution >= 0.6 is 0 Å². The Morgan fingerprint density at radius 1 is 1.15 bits per heavy atom. The fraction of sp³-hybridized carbons (Fsp3) is 0.368. The van der Waals surface area contributed by atoms with Crippen molar-refractivity contribution in [3.63, 3.8) is 0 Å². The topological polar surface area (TPSA) is 97.4 Å². The third kappa shape index (κ3) is 6.65. The van der Waals surface area contributed by atoms with Gasteiger partial charge < -0.3 is 10.1 Å². The summed E-state index contributed by atoms with van der Waals surface area (Å²) in [5.41, 5.74) is -0.238. The molecule has 1 amide bonds. The molecule has 1 aromatic heterocycles. The van der Waals surface area contributed by atoms with Gasteiger partial charge in [-0.2, -0.15) is 4.72 Å². The third-order valence-corrected chi connectivity index (χ3v) is 5.06. The van der Waals surface area contributed by atoms with E-state index in [9.17, 15) is 13.2 Å². The van der Waals surface area contributed by atoms with Crippen molar-refractivity contribution in [2.75, 3.05) is 5.32 Å². The molecule has 2 aromatic rings. The van der Waals surface area contributed by atoms with E-state index in [1.54, 1.807) is 36.4 Å². The first-order valence-corrected chi connectivity index (χ1v) is 10.2. The first kappa shape index (κ1) is 20.9. The Morgan fingerprint density at radius 3 is 2.37 bits per heavy atom. The number of rotatable bonds is 8. The van der Waals surface area contributed by atoms with Crippen molar-refractivity contribution in [3.8, 4) is 5.88 Å². The van der Waals surface area contributed by atoms with E-state index < -0.39 is 21.5 Å². The van der Waals surface area contributed by atoms with Gasteiger partial charge in [0.2, 0.25) is 21.8 Å². The van der Waals surface area contributed by atoms with E-state index >= 15 is 0 Å². The standard InChI is InChI=1S/C19H25N3O4S/c1-14(2)26-17-11-10-16(12-20-17)21-18(23)19(3,4)22-27(24,25)13-15-8-6-5-7-9-15/h5-12,14,22H,13H2,1-4H3,(H,21,23). The number of amides is 1. The lowest BCUT2D eigenvalue weighted by molar-refractivity contribution is -0.120. The maximum atomic E-state index is 12.5. The maximum Gasteiger partial charge on any atom is 0.245 e. The van der Waals surface area contributed by atoms with Gasteiger partial charge >= 0.3 is 0 Å². The Morgan fingerprint density at radius 2 is 1.81 bits per heavy atom. The van der Waals surface area contributed by atoms with Gasteiger partial charge in [-0.3, -0.25) is 4.79 Å². The molecule has 0 aliphatic heterocycles. The first-order chi connectivity index (χ1) is 12.6. The van der Waals surface area contributed by atoms with Gasteiger partial charge in [-0.1, -0.05) is 30.3 Å². The zero-order valence-corrected chi connectivity index (χ0v) is 16.7. The third-order valence-electron chi connectivity index (χ3n) is 3.53. The lowest BCUT2D eigenvalue weighted by Crippen LogP contribution is -2.52. The molecule has 1 heterocycles. The molecule has 8 heteroatoms. The SMILES string of the molecule is CC(C)Oc1ccc(NC(=O)C(C)(C)NS(=O)(=O)Cc2ccccc2)cn1. The summed E-state index contributed by atoms with van der Waals surface area (Å²) in [6, 6.07) is 12.1. The van der Waals surface area contributed by atoms with Gasteiger partial charge in [0, 0.05) is 6.07 Å². The summed E-state index contributed by atoms with van der Waals surface area (Å²) in [5, 5.41) is 2.67. The van der Waals surface area contributed by atoms with Crippen LogP contribution in [0.15, 0.2) is 48.7 Å². The van der Waals surface area contributed by atoms with Crippen LogP contribution in [0.1, 0.15) is 33.3 Å². The summed E-state index contributed by atoms with van der Waals surface area (Å²) in [6.07, 6.45) is 1.46. The van der Waals surface area contributed by atoms with Crippen molar-refractivity contribution in [2.24, 2.45) is 0 Å². The van der Waals surface area contributed by atoms with Crippen molar-refractivity contribution in [2.45, 2.75) is 45.1 Å². The number of sulfonamides is 1. The van der Waals surface area contributed by atoms with E-state index in [2.05, 4.69) is 15.0 Å². The highest BCUT2D eigenvalue weighted by Gasteiger charge is 2.32. The van der Waals surface area contributed by atoms with Crippen molar-refractivity contribution >= 4 is 21.6 Å². The Bertz CT molecular complexity index is 864. The van der Waals surface area contributed by atoms with E-state index in [0.717, 1.165) is 0 Å². The van der Waals surface area contributed by atoms with Crippen LogP contribution in [0, 0.1) is 0 Å². The number of anilines is 1. The molecule has 0 atom stereocenters. The van der Waals surface area contributed by atoms with Crippen LogP contribution < -0.4 is 14.8 Å². The second kappa shape index (κ2) is 8.49. The van der Waals surface area contributed by atoms with Crippen molar-refractivity contribution in [3.05, 3.63) is 54.2 Å². The second-order valence-electron chi connectivity index (χ2n) is 6.98. The number of carbonyl (C=O) groups is 1. The molecular formula is C19H25N3O4S. The summed E-state index contributed by atoms with van der Waals surface area (Å²) in [5.74, 6) is -0.239. The summed E-state index contributed by atoms with van der Waals surface area (Å²) < 4.78 is 32.7. The molecule has 2 N–H and O–H groups in total. The van der Waals surface area contributed by atoms with Gasteiger partial charge in [0.1, 0.15) is 5.54 Å². The zero-order valence-electron chi connectivity index (χ0n) is 15.9. The first-order valence-electron chi connectivity index (χ1n) is 8.57. The Balaban J connectivity index is 2.01. The molecule has 0 spiro atoms. The zero-order chi connectivity index (χ0) is 20.1. The number of carbonyl (C=O) groups excluding carboxylic acids is 1. The Kier molecular flexibility index (Phi) is 6.56. The van der Waals surface area contributed by atoms with E-state index in [-0.39, 0.29) is 11.9 Å². The molecule has 2 rings (SSSR count). The summed E-state index contributed by atoms with van der Waals surface area (Å²) in [7, 11) is -3.70. The van der Waals surface area contributed by atoms with Crippen LogP contribution in [0.25, 0.3) is 0 Å². The monoisotopic (exact) mass is 391 g/mol. The van der Waals surface area contributed by atoms with Gasteiger partial charge in [-0.15, -0.1) is 0 Å². The Labute approximate surface area is 160 Å². The minimum absolute atomic E-state index is 0.00380. The Hall–Kier alpha value is -2.45. The van der Waals surface area contributed by atoms with Gasteiger partial charge in [0.05, 0.1) is 23.7 Å². The highest BCUT2D eigenvalue weighted by Crippen LogP contribution is 2.16. The second-order valence-corrected chi connectivity index (χ2v) is 8.70. The molecule has 27 heavy (non-hydrogen) atoms. The largest absolute Gasteiger partial charge is 0.475 e. The van der Waals surface area contributed by atoms with Crippen LogP contribution in [-0.4, -0.2) is 31.0 Å². The number of benzene rings is 1. The lowest BCUT2D eigenvalue weighted by atomic mass is 10.1. The number of nitrogens with zero attached hydrogens (tertiary/aromatic N) is 1. The predicted molar refractivity (Wildman–Crippen MR) is 105 cm³/mol. The normalized spacial score (nSPS) is 12.0. The summed E-state index contributed by atoms with van der Waals surface area (Å²) in [6.45, 7) is 6.80. The number of ether oxygens (including phenoxy) is 1. The highest BCUT2D eigenvalue weighted by molar-refractivity contribution is 7.88. The number of hydrogen-bond donors (Lipinski definition) is 2. The number of hydrogen-bond acceptors (Lipinski definition) is 5. The fourth-order valence-corrected chi connectivity index (χ4v) is 3.89. The van der Waals surface area contributed by atoms with Crippen molar-refractivity contribution < 1.29 is 17.9 Å². The molecule has 0 saturated heterocycles. The maximum absolute atomic E-state index is 12.5. The molecule has 0 unspecified atom stereocenters. The number of aromatic nitrogens is 1. The van der Waals surface area contributed by atoms with Crippen LogP contribution in [0.4, 0.5) is 5.69 Å². The van der Waals surface area contributed by atoms with E-state index in [0.29, 0.717) is 17.1 Å². The average molecular weight is 391 g/mol. The van der Waals surface area contributed by atoms with Crippen LogP contribution in [0.2, 0.25) is 0 Å². The molecule has 1 aromatic carbocycles. The smallest absolute Gasteiger partial charge is 0.245 e. The van der Waals surface area contributed by atoms with Crippen molar-refractivity contribution in [1.82, 2.24) is 9.71 Å². The molecule has 0 bridgehead atoms. The van der Waals surface area contributed by atoms with Gasteiger partial charge in [0.25, 0.3) is 0 Å². The van der Waals surface area contributed by atoms with E-state index in [4.69, 9.17) is 4.74 Å². The summed E-state index contributed by atoms with van der Waals surface area (Å²) >= 11 is 0. The van der Waals surface area contributed by atoms with Crippen LogP contribution in [-0.2, 0) is 20.6 Å². The minimum atomic E-state index is -3.70.